The summed E-state index contributed by atoms with van der Waals surface area (Å²) in [7, 11) is 1.49. The summed E-state index contributed by atoms with van der Waals surface area (Å²) in [5, 5.41) is 14.7. The van der Waals surface area contributed by atoms with Crippen LogP contribution in [0.1, 0.15) is 10.4 Å². The molecule has 0 spiro atoms. The average Bonchev–Trinajstić information content (AvgIpc) is 3.18. The van der Waals surface area contributed by atoms with Crippen molar-refractivity contribution < 1.29 is 14.5 Å². The molecule has 0 saturated heterocycles. The van der Waals surface area contributed by atoms with Gasteiger partial charge < -0.3 is 10.1 Å². The van der Waals surface area contributed by atoms with Crippen molar-refractivity contribution in [3.05, 3.63) is 82.4 Å². The normalized spacial score (nSPS) is 10.7. The Balaban J connectivity index is 1.71. The lowest BCUT2D eigenvalue weighted by molar-refractivity contribution is -0.385. The molecule has 0 aliphatic rings. The summed E-state index contributed by atoms with van der Waals surface area (Å²) in [5.41, 5.74) is 1.84. The van der Waals surface area contributed by atoms with Gasteiger partial charge in [-0.2, -0.15) is 0 Å². The second kappa shape index (κ2) is 7.69. The van der Waals surface area contributed by atoms with Crippen LogP contribution in [-0.4, -0.2) is 22.9 Å². The molecule has 0 fully saturated rings. The van der Waals surface area contributed by atoms with Crippen LogP contribution in [0.3, 0.4) is 0 Å². The van der Waals surface area contributed by atoms with Crippen molar-refractivity contribution in [1.82, 2.24) is 4.98 Å². The lowest BCUT2D eigenvalue weighted by Crippen LogP contribution is -2.14. The van der Waals surface area contributed by atoms with Gasteiger partial charge in [-0.1, -0.05) is 24.3 Å². The Bertz CT molecular complexity index is 1200. The molecular formula is C21H15N3O4S. The number of nitrogens with one attached hydrogen (secondary N) is 1. The summed E-state index contributed by atoms with van der Waals surface area (Å²) in [5.74, 6) is -0.140. The minimum absolute atomic E-state index is 0.0232. The van der Waals surface area contributed by atoms with Gasteiger partial charge in [0.05, 0.1) is 27.9 Å². The van der Waals surface area contributed by atoms with Crippen LogP contribution in [0, 0.1) is 10.1 Å². The molecule has 0 unspecified atom stereocenters. The number of rotatable bonds is 5. The second-order valence-corrected chi connectivity index (χ2v) is 7.16. The van der Waals surface area contributed by atoms with E-state index in [0.29, 0.717) is 11.4 Å². The molecule has 0 atom stereocenters. The minimum atomic E-state index is -0.586. The van der Waals surface area contributed by atoms with Gasteiger partial charge in [0, 0.05) is 11.6 Å². The fraction of sp³-hybridized carbons (Fsp3) is 0.0476. The molecule has 0 saturated carbocycles. The molecule has 29 heavy (non-hydrogen) atoms. The predicted molar refractivity (Wildman–Crippen MR) is 113 cm³/mol. The third kappa shape index (κ3) is 3.65. The highest BCUT2D eigenvalue weighted by atomic mass is 32.1. The maximum absolute atomic E-state index is 12.7. The second-order valence-electron chi connectivity index (χ2n) is 6.13. The van der Waals surface area contributed by atoms with E-state index < -0.39 is 10.8 Å². The largest absolute Gasteiger partial charge is 0.495 e. The number of nitro groups is 1. The van der Waals surface area contributed by atoms with Crippen molar-refractivity contribution in [1.29, 1.82) is 0 Å². The van der Waals surface area contributed by atoms with Crippen LogP contribution < -0.4 is 10.1 Å². The van der Waals surface area contributed by atoms with Crippen LogP contribution in [0.5, 0.6) is 5.75 Å². The number of thiazole rings is 1. The van der Waals surface area contributed by atoms with Gasteiger partial charge in [0.15, 0.2) is 0 Å². The fourth-order valence-electron chi connectivity index (χ4n) is 2.95. The first-order valence-electron chi connectivity index (χ1n) is 8.65. The summed E-state index contributed by atoms with van der Waals surface area (Å²) in [6.45, 7) is 0. The summed E-state index contributed by atoms with van der Waals surface area (Å²) < 4.78 is 6.40. The fourth-order valence-corrected chi connectivity index (χ4v) is 3.91. The van der Waals surface area contributed by atoms with Crippen molar-refractivity contribution in [2.24, 2.45) is 0 Å². The van der Waals surface area contributed by atoms with Crippen LogP contribution in [0.15, 0.2) is 66.7 Å². The number of anilines is 1. The number of carbonyl (C=O) groups is 1. The van der Waals surface area contributed by atoms with Crippen LogP contribution in [0.2, 0.25) is 0 Å². The molecule has 4 aromatic rings. The van der Waals surface area contributed by atoms with E-state index in [1.807, 2.05) is 30.3 Å². The molecule has 1 amide bonds. The third-order valence-corrected chi connectivity index (χ3v) is 5.42. The van der Waals surface area contributed by atoms with Gasteiger partial charge in [-0.25, -0.2) is 4.98 Å². The van der Waals surface area contributed by atoms with Crippen LogP contribution >= 0.6 is 11.3 Å². The Hall–Kier alpha value is -3.78. The number of methoxy groups -OCH3 is 1. The Kier molecular flexibility index (Phi) is 4.92. The Labute approximate surface area is 169 Å². The lowest BCUT2D eigenvalue weighted by atomic mass is 10.1. The molecule has 4 rings (SSSR count). The molecule has 1 heterocycles. The summed E-state index contributed by atoms with van der Waals surface area (Å²) >= 11 is 1.54. The van der Waals surface area contributed by atoms with Crippen molar-refractivity contribution in [3.63, 3.8) is 0 Å². The molecule has 0 radical (unpaired) electrons. The lowest BCUT2D eigenvalue weighted by Gasteiger charge is -2.11. The number of nitro benzene ring substituents is 1. The summed E-state index contributed by atoms with van der Waals surface area (Å²) in [4.78, 5) is 28.0. The number of hydrogen-bond acceptors (Lipinski definition) is 6. The highest BCUT2D eigenvalue weighted by Gasteiger charge is 2.20. The highest BCUT2D eigenvalue weighted by Crippen LogP contribution is 2.35. The van der Waals surface area contributed by atoms with Crippen molar-refractivity contribution >= 4 is 38.8 Å². The number of aromatic nitrogens is 1. The van der Waals surface area contributed by atoms with Gasteiger partial charge in [-0.3, -0.25) is 14.9 Å². The monoisotopic (exact) mass is 405 g/mol. The first kappa shape index (κ1) is 18.6. The number of para-hydroxylation sites is 2. The SMILES string of the molecule is COc1ccc(-c2nc3ccccc3s2)cc1NC(=O)c1ccccc1[N+](=O)[O-]. The number of hydrogen-bond donors (Lipinski definition) is 1. The molecule has 0 bridgehead atoms. The first-order chi connectivity index (χ1) is 14.1. The number of nitrogens with zero attached hydrogens (tertiary/aromatic N) is 2. The van der Waals surface area contributed by atoms with Crippen LogP contribution in [0.25, 0.3) is 20.8 Å². The van der Waals surface area contributed by atoms with E-state index in [-0.39, 0.29) is 11.3 Å². The number of ether oxygens (including phenoxy) is 1. The zero-order valence-electron chi connectivity index (χ0n) is 15.3. The zero-order valence-corrected chi connectivity index (χ0v) is 16.1. The van der Waals surface area contributed by atoms with E-state index in [1.54, 1.807) is 29.5 Å². The van der Waals surface area contributed by atoms with E-state index in [2.05, 4.69) is 10.3 Å². The molecule has 1 aromatic heterocycles. The summed E-state index contributed by atoms with van der Waals surface area (Å²) in [6, 6.07) is 19.0. The molecule has 8 heteroatoms. The van der Waals surface area contributed by atoms with Crippen LogP contribution in [0.4, 0.5) is 11.4 Å². The molecule has 3 aromatic carbocycles. The Morgan fingerprint density at radius 1 is 1.10 bits per heavy atom. The maximum Gasteiger partial charge on any atom is 0.282 e. The molecule has 144 valence electrons. The van der Waals surface area contributed by atoms with Crippen LogP contribution in [-0.2, 0) is 0 Å². The highest BCUT2D eigenvalue weighted by molar-refractivity contribution is 7.21. The van der Waals surface area contributed by atoms with Crippen molar-refractivity contribution in [3.8, 4) is 16.3 Å². The summed E-state index contributed by atoms with van der Waals surface area (Å²) in [6.07, 6.45) is 0. The third-order valence-electron chi connectivity index (χ3n) is 4.33. The predicted octanol–water partition coefficient (Wildman–Crippen LogP) is 5.13. The van der Waals surface area contributed by atoms with E-state index >= 15 is 0 Å². The van der Waals surface area contributed by atoms with Crippen molar-refractivity contribution in [2.75, 3.05) is 12.4 Å². The van der Waals surface area contributed by atoms with Gasteiger partial charge in [0.25, 0.3) is 11.6 Å². The molecular weight excluding hydrogens is 390 g/mol. The zero-order chi connectivity index (χ0) is 20.4. The molecule has 7 nitrogen and oxygen atoms in total. The maximum atomic E-state index is 12.7. The van der Waals surface area contributed by atoms with Crippen molar-refractivity contribution in [2.45, 2.75) is 0 Å². The van der Waals surface area contributed by atoms with Gasteiger partial charge in [0.1, 0.15) is 16.3 Å². The van der Waals surface area contributed by atoms with E-state index in [9.17, 15) is 14.9 Å². The van der Waals surface area contributed by atoms with Gasteiger partial charge in [-0.05, 0) is 36.4 Å². The van der Waals surface area contributed by atoms with E-state index in [0.717, 1.165) is 20.8 Å². The number of carbonyl (C=O) groups excluding carboxylic acids is 1. The number of amides is 1. The number of fused-ring (bicyclic) bond motifs is 1. The minimum Gasteiger partial charge on any atom is -0.495 e. The molecule has 0 aliphatic heterocycles. The topological polar surface area (TPSA) is 94.4 Å². The van der Waals surface area contributed by atoms with Gasteiger partial charge in [-0.15, -0.1) is 11.3 Å². The van der Waals surface area contributed by atoms with E-state index in [4.69, 9.17) is 4.74 Å². The first-order valence-corrected chi connectivity index (χ1v) is 9.47. The standard InChI is InChI=1S/C21H15N3O4S/c1-28-18-11-10-13(21-23-15-7-3-5-9-19(15)29-21)12-16(18)22-20(25)14-6-2-4-8-17(14)24(26)27/h2-12H,1H3,(H,22,25). The Morgan fingerprint density at radius 2 is 1.86 bits per heavy atom. The molecule has 0 aliphatic carbocycles. The van der Waals surface area contributed by atoms with Gasteiger partial charge >= 0.3 is 0 Å². The average molecular weight is 405 g/mol. The van der Waals surface area contributed by atoms with Gasteiger partial charge in [0.2, 0.25) is 0 Å². The molecule has 1 N–H and O–H groups in total. The smallest absolute Gasteiger partial charge is 0.282 e. The van der Waals surface area contributed by atoms with E-state index in [1.165, 1.54) is 25.3 Å². The quantitative estimate of drug-likeness (QED) is 0.367. The number of benzene rings is 3. The Morgan fingerprint density at radius 3 is 2.62 bits per heavy atom.